The summed E-state index contributed by atoms with van der Waals surface area (Å²) in [6, 6.07) is 7.17. The highest BCUT2D eigenvalue weighted by Crippen LogP contribution is 2.33. The van der Waals surface area contributed by atoms with Crippen molar-refractivity contribution in [2.75, 3.05) is 6.54 Å². The van der Waals surface area contributed by atoms with Gasteiger partial charge < -0.3 is 5.32 Å². The Kier molecular flexibility index (Phi) is 4.97. The van der Waals surface area contributed by atoms with E-state index < -0.39 is 0 Å². The van der Waals surface area contributed by atoms with Gasteiger partial charge in [0.25, 0.3) is 0 Å². The third kappa shape index (κ3) is 3.35. The summed E-state index contributed by atoms with van der Waals surface area (Å²) >= 11 is 7.86. The van der Waals surface area contributed by atoms with Crippen LogP contribution >= 0.6 is 22.9 Å². The second-order valence-electron chi connectivity index (χ2n) is 4.53. The Morgan fingerprint density at radius 3 is 2.74 bits per heavy atom. The van der Waals surface area contributed by atoms with E-state index in [4.69, 9.17) is 11.6 Å². The average Bonchev–Trinajstić information content (AvgIpc) is 2.80. The summed E-state index contributed by atoms with van der Waals surface area (Å²) in [5.74, 6) is -0.171. The van der Waals surface area contributed by atoms with Crippen molar-refractivity contribution in [2.45, 2.75) is 26.3 Å². The Balaban J connectivity index is 2.37. The summed E-state index contributed by atoms with van der Waals surface area (Å²) < 4.78 is 13.4. The minimum atomic E-state index is -0.171. The van der Waals surface area contributed by atoms with Gasteiger partial charge in [-0.15, -0.1) is 11.3 Å². The van der Waals surface area contributed by atoms with Crippen LogP contribution in [0.1, 0.15) is 35.4 Å². The smallest absolute Gasteiger partial charge is 0.126 e. The Morgan fingerprint density at radius 2 is 2.16 bits per heavy atom. The molecule has 1 N–H and O–H groups in total. The number of benzene rings is 1. The number of thiophene rings is 1. The molecule has 1 nitrogen and oxygen atoms in total. The highest BCUT2D eigenvalue weighted by atomic mass is 35.5. The first kappa shape index (κ1) is 14.5. The van der Waals surface area contributed by atoms with Crippen LogP contribution in [0, 0.1) is 12.7 Å². The lowest BCUT2D eigenvalue weighted by atomic mass is 10.0. The molecule has 0 fully saturated rings. The van der Waals surface area contributed by atoms with Crippen LogP contribution in [0.25, 0.3) is 0 Å². The molecule has 0 radical (unpaired) electrons. The van der Waals surface area contributed by atoms with E-state index in [1.54, 1.807) is 18.3 Å². The molecule has 1 atom stereocenters. The first-order valence-corrected chi connectivity index (χ1v) is 7.61. The fourth-order valence-electron chi connectivity index (χ4n) is 2.01. The SMILES string of the molecule is CCCNC(c1ccc(F)c(C)c1)c1sccc1Cl. The van der Waals surface area contributed by atoms with Gasteiger partial charge in [-0.3, -0.25) is 0 Å². The molecular formula is C15H17ClFNS. The second kappa shape index (κ2) is 6.51. The van der Waals surface area contributed by atoms with E-state index in [0.29, 0.717) is 5.56 Å². The normalized spacial score (nSPS) is 12.6. The summed E-state index contributed by atoms with van der Waals surface area (Å²) in [5.41, 5.74) is 1.71. The van der Waals surface area contributed by atoms with Gasteiger partial charge in [-0.05, 0) is 48.5 Å². The molecule has 1 aromatic carbocycles. The maximum atomic E-state index is 13.4. The predicted molar refractivity (Wildman–Crippen MR) is 80.6 cm³/mol. The monoisotopic (exact) mass is 297 g/mol. The van der Waals surface area contributed by atoms with Gasteiger partial charge in [0.15, 0.2) is 0 Å². The third-order valence-electron chi connectivity index (χ3n) is 3.02. The predicted octanol–water partition coefficient (Wildman–Crippen LogP) is 4.94. The number of halogens is 2. The standard InChI is InChI=1S/C15H17ClFNS/c1-3-7-18-14(15-12(16)6-8-19-15)11-4-5-13(17)10(2)9-11/h4-6,8-9,14,18H,3,7H2,1-2H3. The van der Waals surface area contributed by atoms with Crippen LogP contribution in [-0.4, -0.2) is 6.54 Å². The zero-order chi connectivity index (χ0) is 13.8. The molecule has 2 aromatic rings. The highest BCUT2D eigenvalue weighted by Gasteiger charge is 2.18. The van der Waals surface area contributed by atoms with Crippen LogP contribution in [0.2, 0.25) is 5.02 Å². The van der Waals surface area contributed by atoms with Crippen molar-refractivity contribution in [1.82, 2.24) is 5.32 Å². The van der Waals surface area contributed by atoms with E-state index in [2.05, 4.69) is 12.2 Å². The molecule has 102 valence electrons. The Bertz CT molecular complexity index is 553. The number of hydrogen-bond donors (Lipinski definition) is 1. The molecule has 1 unspecified atom stereocenters. The Hall–Kier alpha value is -0.900. The lowest BCUT2D eigenvalue weighted by Crippen LogP contribution is -2.22. The summed E-state index contributed by atoms with van der Waals surface area (Å²) in [7, 11) is 0. The maximum absolute atomic E-state index is 13.4. The minimum absolute atomic E-state index is 0.0340. The fourth-order valence-corrected chi connectivity index (χ4v) is 3.28. The largest absolute Gasteiger partial charge is 0.306 e. The highest BCUT2D eigenvalue weighted by molar-refractivity contribution is 7.10. The van der Waals surface area contributed by atoms with Crippen molar-refractivity contribution in [3.63, 3.8) is 0 Å². The molecule has 0 saturated carbocycles. The van der Waals surface area contributed by atoms with Crippen molar-refractivity contribution >= 4 is 22.9 Å². The van der Waals surface area contributed by atoms with E-state index in [9.17, 15) is 4.39 Å². The van der Waals surface area contributed by atoms with Crippen LogP contribution in [0.15, 0.2) is 29.6 Å². The number of hydrogen-bond acceptors (Lipinski definition) is 2. The Labute approximate surface area is 122 Å². The van der Waals surface area contributed by atoms with E-state index >= 15 is 0 Å². The number of aryl methyl sites for hydroxylation is 1. The lowest BCUT2D eigenvalue weighted by molar-refractivity contribution is 0.595. The average molecular weight is 298 g/mol. The summed E-state index contributed by atoms with van der Waals surface area (Å²) in [5, 5.41) is 6.22. The zero-order valence-electron chi connectivity index (χ0n) is 11.0. The lowest BCUT2D eigenvalue weighted by Gasteiger charge is -2.19. The number of nitrogens with one attached hydrogen (secondary N) is 1. The van der Waals surface area contributed by atoms with Gasteiger partial charge in [-0.25, -0.2) is 4.39 Å². The van der Waals surface area contributed by atoms with Gasteiger partial charge in [-0.1, -0.05) is 30.7 Å². The van der Waals surface area contributed by atoms with Crippen molar-refractivity contribution in [1.29, 1.82) is 0 Å². The molecule has 0 aliphatic rings. The molecule has 0 aliphatic heterocycles. The van der Waals surface area contributed by atoms with Crippen LogP contribution in [0.4, 0.5) is 4.39 Å². The van der Waals surface area contributed by atoms with Crippen molar-refractivity contribution in [3.8, 4) is 0 Å². The van der Waals surface area contributed by atoms with E-state index in [1.807, 2.05) is 23.6 Å². The summed E-state index contributed by atoms with van der Waals surface area (Å²) in [6.07, 6.45) is 1.04. The second-order valence-corrected chi connectivity index (χ2v) is 5.88. The van der Waals surface area contributed by atoms with E-state index in [-0.39, 0.29) is 11.9 Å². The van der Waals surface area contributed by atoms with Crippen molar-refractivity contribution in [3.05, 3.63) is 56.5 Å². The summed E-state index contributed by atoms with van der Waals surface area (Å²) in [6.45, 7) is 4.80. The first-order valence-electron chi connectivity index (χ1n) is 6.35. The molecule has 1 aromatic heterocycles. The molecule has 0 aliphatic carbocycles. The molecular weight excluding hydrogens is 281 g/mol. The fraction of sp³-hybridized carbons (Fsp3) is 0.333. The van der Waals surface area contributed by atoms with Gasteiger partial charge in [0, 0.05) is 4.88 Å². The molecule has 4 heteroatoms. The molecule has 19 heavy (non-hydrogen) atoms. The van der Waals surface area contributed by atoms with Crippen LogP contribution in [-0.2, 0) is 0 Å². The van der Waals surface area contributed by atoms with E-state index in [1.165, 1.54) is 6.07 Å². The minimum Gasteiger partial charge on any atom is -0.306 e. The molecule has 0 amide bonds. The van der Waals surface area contributed by atoms with Gasteiger partial charge in [0.1, 0.15) is 5.82 Å². The first-order chi connectivity index (χ1) is 9.13. The third-order valence-corrected chi connectivity index (χ3v) is 4.44. The topological polar surface area (TPSA) is 12.0 Å². The molecule has 1 heterocycles. The molecule has 0 spiro atoms. The number of rotatable bonds is 5. The zero-order valence-corrected chi connectivity index (χ0v) is 12.6. The summed E-state index contributed by atoms with van der Waals surface area (Å²) in [4.78, 5) is 1.08. The molecule has 0 bridgehead atoms. The molecule has 2 rings (SSSR count). The van der Waals surface area contributed by atoms with E-state index in [0.717, 1.165) is 28.4 Å². The molecule has 0 saturated heterocycles. The quantitative estimate of drug-likeness (QED) is 0.824. The van der Waals surface area contributed by atoms with Crippen molar-refractivity contribution in [2.24, 2.45) is 0 Å². The van der Waals surface area contributed by atoms with Gasteiger partial charge in [0.2, 0.25) is 0 Å². The van der Waals surface area contributed by atoms with Gasteiger partial charge in [-0.2, -0.15) is 0 Å². The van der Waals surface area contributed by atoms with Gasteiger partial charge in [0.05, 0.1) is 11.1 Å². The Morgan fingerprint density at radius 1 is 1.37 bits per heavy atom. The van der Waals surface area contributed by atoms with Gasteiger partial charge >= 0.3 is 0 Å². The maximum Gasteiger partial charge on any atom is 0.126 e. The van der Waals surface area contributed by atoms with Crippen molar-refractivity contribution < 1.29 is 4.39 Å². The van der Waals surface area contributed by atoms with Crippen LogP contribution < -0.4 is 5.32 Å². The van der Waals surface area contributed by atoms with Crippen LogP contribution in [0.3, 0.4) is 0 Å². The van der Waals surface area contributed by atoms with Crippen LogP contribution in [0.5, 0.6) is 0 Å².